The molecule has 106 valence electrons. The third-order valence-electron chi connectivity index (χ3n) is 2.72. The fraction of sp³-hybridized carbons (Fsp3) is 0.250. The van der Waals surface area contributed by atoms with Crippen molar-refractivity contribution in [1.29, 1.82) is 0 Å². The summed E-state index contributed by atoms with van der Waals surface area (Å²) in [6, 6.07) is 14.7. The van der Waals surface area contributed by atoms with Crippen molar-refractivity contribution in [3.63, 3.8) is 0 Å². The van der Waals surface area contributed by atoms with Gasteiger partial charge in [0.25, 0.3) is 0 Å². The molecular weight excluding hydrogens is 276 g/mol. The van der Waals surface area contributed by atoms with E-state index in [1.165, 1.54) is 5.56 Å². The second-order valence-corrected chi connectivity index (χ2v) is 4.98. The predicted molar refractivity (Wildman–Crippen MR) is 79.6 cm³/mol. The van der Waals surface area contributed by atoms with E-state index in [1.807, 2.05) is 31.2 Å². The van der Waals surface area contributed by atoms with Crippen molar-refractivity contribution in [1.82, 2.24) is 0 Å². The first-order valence-electron chi connectivity index (χ1n) is 6.39. The van der Waals surface area contributed by atoms with E-state index >= 15 is 0 Å². The molecule has 1 N–H and O–H groups in total. The zero-order chi connectivity index (χ0) is 14.4. The van der Waals surface area contributed by atoms with Crippen LogP contribution >= 0.6 is 11.6 Å². The molecule has 1 atom stereocenters. The van der Waals surface area contributed by atoms with Crippen LogP contribution in [0.3, 0.4) is 0 Å². The van der Waals surface area contributed by atoms with Crippen molar-refractivity contribution in [2.24, 2.45) is 0 Å². The van der Waals surface area contributed by atoms with Gasteiger partial charge in [0.05, 0.1) is 0 Å². The van der Waals surface area contributed by atoms with Crippen LogP contribution in [0.4, 0.5) is 0 Å². The highest BCUT2D eigenvalue weighted by molar-refractivity contribution is 6.30. The van der Waals surface area contributed by atoms with E-state index in [2.05, 4.69) is 0 Å². The van der Waals surface area contributed by atoms with Crippen LogP contribution in [-0.2, 0) is 0 Å². The van der Waals surface area contributed by atoms with Gasteiger partial charge in [-0.3, -0.25) is 0 Å². The molecule has 0 saturated heterocycles. The third-order valence-corrected chi connectivity index (χ3v) is 2.97. The second kappa shape index (κ2) is 7.17. The summed E-state index contributed by atoms with van der Waals surface area (Å²) in [4.78, 5) is 0. The Bertz CT molecular complexity index is 473. The quantitative estimate of drug-likeness (QED) is 0.886. The van der Waals surface area contributed by atoms with E-state index < -0.39 is 6.10 Å². The summed E-state index contributed by atoms with van der Waals surface area (Å²) in [6.45, 7) is 2.38. The summed E-state index contributed by atoms with van der Waals surface area (Å²) in [7, 11) is 0. The molecule has 0 aromatic heterocycles. The molecule has 0 unspecified atom stereocenters. The Morgan fingerprint density at radius 1 is 0.900 bits per heavy atom. The highest BCUT2D eigenvalue weighted by Gasteiger charge is 2.06. The second-order valence-electron chi connectivity index (χ2n) is 4.54. The van der Waals surface area contributed by atoms with E-state index in [0.717, 1.165) is 5.75 Å². The first kappa shape index (κ1) is 14.7. The standard InChI is InChI=1S/C16H17ClO3/c1-12-2-6-15(7-3-12)19-10-14(18)11-20-16-8-4-13(17)5-9-16/h2-9,14,18H,10-11H2,1H3/t14-/m1/s1. The van der Waals surface area contributed by atoms with Crippen molar-refractivity contribution in [2.45, 2.75) is 13.0 Å². The number of halogens is 1. The lowest BCUT2D eigenvalue weighted by Gasteiger charge is -2.13. The molecule has 0 fully saturated rings. The zero-order valence-corrected chi connectivity index (χ0v) is 12.0. The highest BCUT2D eigenvalue weighted by atomic mass is 35.5. The SMILES string of the molecule is Cc1ccc(OC[C@@H](O)COc2ccc(Cl)cc2)cc1. The summed E-state index contributed by atoms with van der Waals surface area (Å²) in [5.41, 5.74) is 1.17. The Labute approximate surface area is 123 Å². The molecule has 0 saturated carbocycles. The average Bonchev–Trinajstić information content (AvgIpc) is 2.46. The lowest BCUT2D eigenvalue weighted by atomic mass is 10.2. The van der Waals surface area contributed by atoms with Crippen molar-refractivity contribution < 1.29 is 14.6 Å². The molecule has 3 nitrogen and oxygen atoms in total. The van der Waals surface area contributed by atoms with Gasteiger partial charge in [-0.25, -0.2) is 0 Å². The van der Waals surface area contributed by atoms with E-state index in [0.29, 0.717) is 10.8 Å². The Morgan fingerprint density at radius 3 is 1.85 bits per heavy atom. The van der Waals surface area contributed by atoms with Crippen LogP contribution in [0, 0.1) is 6.92 Å². The van der Waals surface area contributed by atoms with Crippen molar-refractivity contribution >= 4 is 11.6 Å². The Balaban J connectivity index is 1.73. The third kappa shape index (κ3) is 4.76. The number of hydrogen-bond acceptors (Lipinski definition) is 3. The van der Waals surface area contributed by atoms with Gasteiger partial charge < -0.3 is 14.6 Å². The number of benzene rings is 2. The first-order valence-corrected chi connectivity index (χ1v) is 6.77. The lowest BCUT2D eigenvalue weighted by Crippen LogP contribution is -2.25. The van der Waals surface area contributed by atoms with E-state index in [1.54, 1.807) is 24.3 Å². The molecule has 0 spiro atoms. The minimum absolute atomic E-state index is 0.174. The van der Waals surface area contributed by atoms with Crippen molar-refractivity contribution in [3.05, 3.63) is 59.1 Å². The van der Waals surface area contributed by atoms with Crippen LogP contribution in [0.1, 0.15) is 5.56 Å². The predicted octanol–water partition coefficient (Wildman–Crippen LogP) is 3.47. The molecule has 2 rings (SSSR count). The maximum Gasteiger partial charge on any atom is 0.122 e. The van der Waals surface area contributed by atoms with Crippen LogP contribution in [0.5, 0.6) is 11.5 Å². The zero-order valence-electron chi connectivity index (χ0n) is 11.3. The van der Waals surface area contributed by atoms with E-state index in [4.69, 9.17) is 21.1 Å². The number of aliphatic hydroxyl groups is 1. The molecule has 2 aromatic rings. The van der Waals surface area contributed by atoms with Gasteiger partial charge in [0.1, 0.15) is 30.8 Å². The van der Waals surface area contributed by atoms with Crippen LogP contribution in [0.15, 0.2) is 48.5 Å². The molecule has 4 heteroatoms. The minimum Gasteiger partial charge on any atom is -0.491 e. The Morgan fingerprint density at radius 2 is 1.35 bits per heavy atom. The summed E-state index contributed by atoms with van der Waals surface area (Å²) in [6.07, 6.45) is -0.688. The highest BCUT2D eigenvalue weighted by Crippen LogP contribution is 2.16. The minimum atomic E-state index is -0.688. The van der Waals surface area contributed by atoms with E-state index in [-0.39, 0.29) is 13.2 Å². The van der Waals surface area contributed by atoms with Crippen LogP contribution in [0.2, 0.25) is 5.02 Å². The number of ether oxygens (including phenoxy) is 2. The van der Waals surface area contributed by atoms with Gasteiger partial charge in [-0.1, -0.05) is 29.3 Å². The smallest absolute Gasteiger partial charge is 0.122 e. The Hall–Kier alpha value is -1.71. The van der Waals surface area contributed by atoms with Gasteiger partial charge in [-0.05, 0) is 43.3 Å². The summed E-state index contributed by atoms with van der Waals surface area (Å²) >= 11 is 5.78. The number of aryl methyl sites for hydroxylation is 1. The van der Waals surface area contributed by atoms with Crippen molar-refractivity contribution in [3.8, 4) is 11.5 Å². The fourth-order valence-electron chi connectivity index (χ4n) is 1.60. The van der Waals surface area contributed by atoms with Crippen molar-refractivity contribution in [2.75, 3.05) is 13.2 Å². The summed E-state index contributed by atoms with van der Waals surface area (Å²) in [5, 5.41) is 10.5. The molecule has 0 aliphatic carbocycles. The van der Waals surface area contributed by atoms with Gasteiger partial charge in [0.2, 0.25) is 0 Å². The molecule has 0 aliphatic heterocycles. The van der Waals surface area contributed by atoms with Gasteiger partial charge in [0.15, 0.2) is 0 Å². The number of aliphatic hydroxyl groups excluding tert-OH is 1. The molecular formula is C16H17ClO3. The summed E-state index contributed by atoms with van der Waals surface area (Å²) in [5.74, 6) is 1.41. The van der Waals surface area contributed by atoms with Gasteiger partial charge in [-0.2, -0.15) is 0 Å². The molecule has 0 bridgehead atoms. The molecule has 20 heavy (non-hydrogen) atoms. The van der Waals surface area contributed by atoms with Gasteiger partial charge >= 0.3 is 0 Å². The lowest BCUT2D eigenvalue weighted by molar-refractivity contribution is 0.0626. The summed E-state index contributed by atoms with van der Waals surface area (Å²) < 4.78 is 10.9. The van der Waals surface area contributed by atoms with Gasteiger partial charge in [-0.15, -0.1) is 0 Å². The topological polar surface area (TPSA) is 38.7 Å². The molecule has 0 aliphatic rings. The maximum absolute atomic E-state index is 9.80. The number of rotatable bonds is 6. The molecule has 0 heterocycles. The monoisotopic (exact) mass is 292 g/mol. The fourth-order valence-corrected chi connectivity index (χ4v) is 1.72. The normalized spacial score (nSPS) is 11.9. The molecule has 0 amide bonds. The van der Waals surface area contributed by atoms with Crippen LogP contribution in [0.25, 0.3) is 0 Å². The average molecular weight is 293 g/mol. The maximum atomic E-state index is 9.80. The van der Waals surface area contributed by atoms with Gasteiger partial charge in [0, 0.05) is 5.02 Å². The largest absolute Gasteiger partial charge is 0.491 e. The van der Waals surface area contributed by atoms with Crippen LogP contribution in [-0.4, -0.2) is 24.4 Å². The first-order chi connectivity index (χ1) is 9.63. The molecule has 0 radical (unpaired) electrons. The van der Waals surface area contributed by atoms with E-state index in [9.17, 15) is 5.11 Å². The van der Waals surface area contributed by atoms with Crippen LogP contribution < -0.4 is 9.47 Å². The Kier molecular flexibility index (Phi) is 5.27. The number of hydrogen-bond donors (Lipinski definition) is 1. The molecule has 2 aromatic carbocycles.